The number of ether oxygens (including phenoxy) is 1. The number of hydrogen-bond acceptors (Lipinski definition) is 6. The fraction of sp³-hybridized carbons (Fsp3) is 0.138. The Kier molecular flexibility index (Phi) is 6.77. The van der Waals surface area contributed by atoms with Crippen molar-refractivity contribution in [2.45, 2.75) is 26.0 Å². The van der Waals surface area contributed by atoms with Crippen molar-refractivity contribution in [2.75, 3.05) is 0 Å². The SMILES string of the molecule is [C-]#[N+]C(C#N)=C1OC(C)(C)C(C=Cc2ccc(-c3ccc(-c4cn(Cc5ccccc5)nn4)s3)s2)=C1[N+]#[C-]. The predicted octanol–water partition coefficient (Wildman–Crippen LogP) is 7.43. The number of rotatable bonds is 6. The first-order valence-electron chi connectivity index (χ1n) is 11.6. The van der Waals surface area contributed by atoms with Gasteiger partial charge in [0.1, 0.15) is 17.1 Å². The summed E-state index contributed by atoms with van der Waals surface area (Å²) in [5.74, 6) is 0.0563. The molecule has 184 valence electrons. The van der Waals surface area contributed by atoms with Gasteiger partial charge in [0.2, 0.25) is 5.70 Å². The highest BCUT2D eigenvalue weighted by Crippen LogP contribution is 2.42. The largest absolute Gasteiger partial charge is 0.505 e. The van der Waals surface area contributed by atoms with Crippen molar-refractivity contribution in [1.29, 1.82) is 5.26 Å². The van der Waals surface area contributed by atoms with E-state index in [0.717, 1.165) is 25.2 Å². The van der Waals surface area contributed by atoms with Crippen molar-refractivity contribution in [3.05, 3.63) is 123 Å². The number of hydrogen-bond donors (Lipinski definition) is 0. The highest BCUT2D eigenvalue weighted by molar-refractivity contribution is 7.24. The van der Waals surface area contributed by atoms with E-state index in [1.165, 1.54) is 5.56 Å². The van der Waals surface area contributed by atoms with Gasteiger partial charge in [-0.2, -0.15) is 0 Å². The Labute approximate surface area is 228 Å². The van der Waals surface area contributed by atoms with Gasteiger partial charge in [-0.15, -0.1) is 27.8 Å². The van der Waals surface area contributed by atoms with Crippen LogP contribution in [0.15, 0.2) is 89.6 Å². The first-order valence-corrected chi connectivity index (χ1v) is 13.2. The van der Waals surface area contributed by atoms with E-state index in [9.17, 15) is 5.26 Å². The highest BCUT2D eigenvalue weighted by Gasteiger charge is 2.38. The van der Waals surface area contributed by atoms with Gasteiger partial charge in [0.25, 0.3) is 5.70 Å². The lowest BCUT2D eigenvalue weighted by atomic mass is 9.97. The number of allylic oxidation sites excluding steroid dienone is 1. The van der Waals surface area contributed by atoms with Gasteiger partial charge in [-0.3, -0.25) is 0 Å². The molecule has 7 nitrogen and oxygen atoms in total. The predicted molar refractivity (Wildman–Crippen MR) is 149 cm³/mol. The maximum atomic E-state index is 9.26. The van der Waals surface area contributed by atoms with E-state index in [4.69, 9.17) is 17.9 Å². The number of thiophene rings is 2. The molecule has 0 N–H and O–H groups in total. The van der Waals surface area contributed by atoms with Crippen molar-refractivity contribution in [3.8, 4) is 26.4 Å². The van der Waals surface area contributed by atoms with E-state index < -0.39 is 5.60 Å². The molecule has 0 fully saturated rings. The molecular weight excluding hydrogens is 512 g/mol. The quantitative estimate of drug-likeness (QED) is 0.191. The van der Waals surface area contributed by atoms with Crippen molar-refractivity contribution in [3.63, 3.8) is 0 Å². The zero-order chi connectivity index (χ0) is 26.7. The molecular formula is C29H20N6OS2. The van der Waals surface area contributed by atoms with Crippen LogP contribution in [0.5, 0.6) is 0 Å². The Hall–Kier alpha value is -4.75. The first-order chi connectivity index (χ1) is 18.4. The van der Waals surface area contributed by atoms with Crippen LogP contribution in [0.2, 0.25) is 0 Å². The van der Waals surface area contributed by atoms with E-state index in [1.807, 2.05) is 67.2 Å². The average molecular weight is 533 g/mol. The van der Waals surface area contributed by atoms with Gasteiger partial charge in [-0.25, -0.2) is 19.6 Å². The Morgan fingerprint density at radius 1 is 1.05 bits per heavy atom. The van der Waals surface area contributed by atoms with E-state index >= 15 is 0 Å². The van der Waals surface area contributed by atoms with Crippen LogP contribution in [0.25, 0.3) is 36.1 Å². The van der Waals surface area contributed by atoms with E-state index in [-0.39, 0.29) is 17.2 Å². The van der Waals surface area contributed by atoms with Gasteiger partial charge in [0.15, 0.2) is 0 Å². The molecule has 0 spiro atoms. The standard InChI is InChI=1S/C29H20N6OS2/c1-29(2)21(27(32-4)28(36-29)22(16-30)31-3)12-10-20-11-13-25(37-20)26-15-14-24(38-26)23-18-35(34-33-23)17-19-8-6-5-7-9-19/h5-15,18H,17H2,1-2H3. The minimum Gasteiger partial charge on any atom is -0.505 e. The van der Waals surface area contributed by atoms with Crippen LogP contribution in [0.1, 0.15) is 24.3 Å². The second-order valence-electron chi connectivity index (χ2n) is 8.87. The van der Waals surface area contributed by atoms with Crippen LogP contribution in [-0.2, 0) is 11.3 Å². The van der Waals surface area contributed by atoms with Crippen molar-refractivity contribution in [1.82, 2.24) is 15.0 Å². The van der Waals surface area contributed by atoms with Crippen LogP contribution in [0, 0.1) is 24.5 Å². The van der Waals surface area contributed by atoms with Gasteiger partial charge in [0.05, 0.1) is 36.8 Å². The Morgan fingerprint density at radius 2 is 1.79 bits per heavy atom. The number of aromatic nitrogens is 3. The molecule has 0 radical (unpaired) electrons. The second kappa shape index (κ2) is 10.3. The summed E-state index contributed by atoms with van der Waals surface area (Å²) >= 11 is 3.30. The van der Waals surface area contributed by atoms with E-state index in [1.54, 1.807) is 22.7 Å². The summed E-state index contributed by atoms with van der Waals surface area (Å²) in [7, 11) is 0. The maximum absolute atomic E-state index is 9.26. The molecule has 3 aromatic heterocycles. The van der Waals surface area contributed by atoms with Gasteiger partial charge in [0, 0.05) is 20.2 Å². The summed E-state index contributed by atoms with van der Waals surface area (Å²) in [6.45, 7) is 19.2. The lowest BCUT2D eigenvalue weighted by Gasteiger charge is -2.21. The fourth-order valence-corrected chi connectivity index (χ4v) is 6.01. The first kappa shape index (κ1) is 24.9. The third kappa shape index (κ3) is 4.92. The third-order valence-electron chi connectivity index (χ3n) is 5.89. The van der Waals surface area contributed by atoms with Crippen LogP contribution in [-0.4, -0.2) is 20.6 Å². The molecule has 0 saturated heterocycles. The average Bonchev–Trinajstić information content (AvgIpc) is 3.70. The van der Waals surface area contributed by atoms with Crippen molar-refractivity contribution >= 4 is 28.7 Å². The van der Waals surface area contributed by atoms with Gasteiger partial charge in [-0.1, -0.05) is 41.6 Å². The molecule has 1 aliphatic rings. The molecule has 0 amide bonds. The molecule has 4 aromatic rings. The number of nitrogens with zero attached hydrogens (tertiary/aromatic N) is 6. The maximum Gasteiger partial charge on any atom is 0.292 e. The van der Waals surface area contributed by atoms with Crippen molar-refractivity contribution in [2.24, 2.45) is 0 Å². The Bertz CT molecular complexity index is 1710. The van der Waals surface area contributed by atoms with Gasteiger partial charge >= 0.3 is 0 Å². The molecule has 0 atom stereocenters. The lowest BCUT2D eigenvalue weighted by molar-refractivity contribution is 0.0952. The lowest BCUT2D eigenvalue weighted by Crippen LogP contribution is -2.20. The number of benzene rings is 1. The summed E-state index contributed by atoms with van der Waals surface area (Å²) in [4.78, 5) is 11.1. The summed E-state index contributed by atoms with van der Waals surface area (Å²) < 4.78 is 7.69. The molecule has 4 heterocycles. The number of nitriles is 1. The van der Waals surface area contributed by atoms with E-state index in [2.05, 4.69) is 50.3 Å². The molecule has 9 heteroatoms. The highest BCUT2D eigenvalue weighted by atomic mass is 32.1. The summed E-state index contributed by atoms with van der Waals surface area (Å²) in [5.41, 5.74) is 1.84. The van der Waals surface area contributed by atoms with E-state index in [0.29, 0.717) is 12.1 Å². The minimum atomic E-state index is -0.820. The van der Waals surface area contributed by atoms with Crippen LogP contribution in [0.4, 0.5) is 0 Å². The van der Waals surface area contributed by atoms with Crippen LogP contribution in [0.3, 0.4) is 0 Å². The minimum absolute atomic E-state index is 0.0563. The van der Waals surface area contributed by atoms with Gasteiger partial charge in [-0.05, 0) is 49.8 Å². The zero-order valence-corrected chi connectivity index (χ0v) is 22.2. The molecule has 0 unspecified atom stereocenters. The third-order valence-corrected chi connectivity index (χ3v) is 8.24. The monoisotopic (exact) mass is 532 g/mol. The molecule has 1 aromatic carbocycles. The fourth-order valence-electron chi connectivity index (χ4n) is 4.05. The molecule has 1 aliphatic heterocycles. The molecule has 5 rings (SSSR count). The normalized spacial score (nSPS) is 15.7. The smallest absolute Gasteiger partial charge is 0.292 e. The summed E-state index contributed by atoms with van der Waals surface area (Å²) in [5, 5.41) is 17.9. The van der Waals surface area contributed by atoms with Crippen molar-refractivity contribution < 1.29 is 4.74 Å². The Morgan fingerprint density at radius 3 is 2.53 bits per heavy atom. The summed E-state index contributed by atoms with van der Waals surface area (Å²) in [6, 6.07) is 20.3. The molecule has 0 bridgehead atoms. The molecule has 38 heavy (non-hydrogen) atoms. The second-order valence-corrected chi connectivity index (χ2v) is 11.1. The van der Waals surface area contributed by atoms with Crippen LogP contribution >= 0.6 is 22.7 Å². The molecule has 0 saturated carbocycles. The van der Waals surface area contributed by atoms with Crippen LogP contribution < -0.4 is 0 Å². The summed E-state index contributed by atoms with van der Waals surface area (Å²) in [6.07, 6.45) is 5.75. The van der Waals surface area contributed by atoms with Gasteiger partial charge < -0.3 is 4.74 Å². The topological polar surface area (TPSA) is 72.5 Å². The Balaban J connectivity index is 1.35. The molecule has 0 aliphatic carbocycles. The zero-order valence-electron chi connectivity index (χ0n) is 20.5.